The van der Waals surface area contributed by atoms with Crippen molar-refractivity contribution in [1.29, 1.82) is 0 Å². The maximum Gasteiger partial charge on any atom is 0.182 e. The molecule has 1 aromatic carbocycles. The maximum absolute atomic E-state index is 9.27. The Morgan fingerprint density at radius 3 is 2.61 bits per heavy atom. The number of rotatable bonds is 4. The first-order valence-corrected chi connectivity index (χ1v) is 5.66. The summed E-state index contributed by atoms with van der Waals surface area (Å²) >= 11 is 0. The highest BCUT2D eigenvalue weighted by atomic mass is 16.5. The number of aryl methyl sites for hydroxylation is 1. The number of pyridine rings is 1. The minimum Gasteiger partial charge on any atom is -0.487 e. The standard InChI is InChI=1S/C14H15NO3/c1-10-7-12(14(16)17)13(8-15-10)18-9-11-5-3-2-4-6-11/h2-8,14,16-17H,9H2,1H3. The SMILES string of the molecule is Cc1cc(C(O)O)c(OCc2ccccc2)cn1. The molecule has 0 spiro atoms. The average Bonchev–Trinajstić information content (AvgIpc) is 2.38. The zero-order valence-corrected chi connectivity index (χ0v) is 10.1. The fraction of sp³-hybridized carbons (Fsp3) is 0.214. The van der Waals surface area contributed by atoms with Crippen molar-refractivity contribution in [3.63, 3.8) is 0 Å². The second-order valence-electron chi connectivity index (χ2n) is 4.01. The van der Waals surface area contributed by atoms with Gasteiger partial charge in [-0.1, -0.05) is 30.3 Å². The van der Waals surface area contributed by atoms with E-state index in [1.165, 1.54) is 6.20 Å². The molecule has 1 aromatic heterocycles. The molecule has 0 radical (unpaired) electrons. The van der Waals surface area contributed by atoms with E-state index < -0.39 is 6.29 Å². The molecule has 0 bridgehead atoms. The zero-order valence-electron chi connectivity index (χ0n) is 10.1. The first kappa shape index (κ1) is 12.5. The van der Waals surface area contributed by atoms with Crippen molar-refractivity contribution in [2.24, 2.45) is 0 Å². The second kappa shape index (κ2) is 5.62. The molecule has 0 aliphatic heterocycles. The van der Waals surface area contributed by atoms with Crippen LogP contribution >= 0.6 is 0 Å². The van der Waals surface area contributed by atoms with Gasteiger partial charge in [0.05, 0.1) is 11.8 Å². The minimum atomic E-state index is -1.56. The fourth-order valence-electron chi connectivity index (χ4n) is 1.63. The van der Waals surface area contributed by atoms with E-state index in [1.54, 1.807) is 13.0 Å². The lowest BCUT2D eigenvalue weighted by atomic mass is 10.2. The van der Waals surface area contributed by atoms with Crippen molar-refractivity contribution >= 4 is 0 Å². The van der Waals surface area contributed by atoms with E-state index in [9.17, 15) is 10.2 Å². The Hall–Kier alpha value is -1.91. The summed E-state index contributed by atoms with van der Waals surface area (Å²) in [4.78, 5) is 4.09. The molecule has 0 amide bonds. The molecule has 2 rings (SSSR count). The van der Waals surface area contributed by atoms with Gasteiger partial charge in [0, 0.05) is 5.69 Å². The summed E-state index contributed by atoms with van der Waals surface area (Å²) in [6, 6.07) is 11.3. The van der Waals surface area contributed by atoms with Crippen molar-refractivity contribution in [3.8, 4) is 5.75 Å². The van der Waals surface area contributed by atoms with Gasteiger partial charge < -0.3 is 14.9 Å². The van der Waals surface area contributed by atoms with Crippen LogP contribution in [-0.2, 0) is 6.61 Å². The van der Waals surface area contributed by atoms with Crippen LogP contribution in [-0.4, -0.2) is 15.2 Å². The van der Waals surface area contributed by atoms with Crippen molar-refractivity contribution in [2.45, 2.75) is 19.8 Å². The minimum absolute atomic E-state index is 0.332. The van der Waals surface area contributed by atoms with Gasteiger partial charge in [-0.2, -0.15) is 0 Å². The normalized spacial score (nSPS) is 10.7. The van der Waals surface area contributed by atoms with E-state index >= 15 is 0 Å². The predicted molar refractivity (Wildman–Crippen MR) is 66.9 cm³/mol. The monoisotopic (exact) mass is 245 g/mol. The summed E-state index contributed by atoms with van der Waals surface area (Å²) in [6.07, 6.45) is -0.0509. The van der Waals surface area contributed by atoms with E-state index in [-0.39, 0.29) is 0 Å². The molecule has 0 aliphatic carbocycles. The van der Waals surface area contributed by atoms with Crippen LogP contribution in [0.2, 0.25) is 0 Å². The molecule has 0 atom stereocenters. The van der Waals surface area contributed by atoms with Crippen LogP contribution in [0.25, 0.3) is 0 Å². The van der Waals surface area contributed by atoms with Crippen LogP contribution in [0.15, 0.2) is 42.6 Å². The molecule has 0 fully saturated rings. The second-order valence-corrected chi connectivity index (χ2v) is 4.01. The lowest BCUT2D eigenvalue weighted by Gasteiger charge is -2.13. The molecular formula is C14H15NO3. The van der Waals surface area contributed by atoms with Gasteiger partial charge in [0.15, 0.2) is 6.29 Å². The number of aliphatic hydroxyl groups excluding tert-OH is 1. The van der Waals surface area contributed by atoms with Gasteiger partial charge in [0.25, 0.3) is 0 Å². The molecule has 4 heteroatoms. The molecule has 0 aliphatic rings. The van der Waals surface area contributed by atoms with Gasteiger partial charge in [-0.15, -0.1) is 0 Å². The average molecular weight is 245 g/mol. The number of benzene rings is 1. The Morgan fingerprint density at radius 2 is 1.94 bits per heavy atom. The van der Waals surface area contributed by atoms with Gasteiger partial charge in [-0.05, 0) is 18.6 Å². The van der Waals surface area contributed by atoms with Gasteiger partial charge >= 0.3 is 0 Å². The van der Waals surface area contributed by atoms with E-state index in [0.717, 1.165) is 5.56 Å². The Kier molecular flexibility index (Phi) is 3.92. The van der Waals surface area contributed by atoms with E-state index in [1.807, 2.05) is 30.3 Å². The van der Waals surface area contributed by atoms with Crippen LogP contribution in [0.5, 0.6) is 5.75 Å². The summed E-state index contributed by atoms with van der Waals surface area (Å²) in [5.41, 5.74) is 2.06. The zero-order chi connectivity index (χ0) is 13.0. The number of aromatic nitrogens is 1. The molecule has 2 N–H and O–H groups in total. The number of ether oxygens (including phenoxy) is 1. The fourth-order valence-corrected chi connectivity index (χ4v) is 1.63. The third-order valence-electron chi connectivity index (χ3n) is 2.55. The van der Waals surface area contributed by atoms with Gasteiger partial charge in [0.2, 0.25) is 0 Å². The molecule has 0 saturated heterocycles. The van der Waals surface area contributed by atoms with E-state index in [0.29, 0.717) is 23.6 Å². The summed E-state index contributed by atoms with van der Waals surface area (Å²) in [7, 11) is 0. The Morgan fingerprint density at radius 1 is 1.22 bits per heavy atom. The molecule has 18 heavy (non-hydrogen) atoms. The number of nitrogens with zero attached hydrogens (tertiary/aromatic N) is 1. The molecular weight excluding hydrogens is 230 g/mol. The van der Waals surface area contributed by atoms with Gasteiger partial charge in [-0.25, -0.2) is 0 Å². The van der Waals surface area contributed by atoms with Crippen LogP contribution in [0.1, 0.15) is 23.1 Å². The first-order valence-electron chi connectivity index (χ1n) is 5.66. The smallest absolute Gasteiger partial charge is 0.182 e. The van der Waals surface area contributed by atoms with Gasteiger partial charge in [-0.3, -0.25) is 4.98 Å². The summed E-state index contributed by atoms with van der Waals surface area (Å²) in [5.74, 6) is 0.388. The van der Waals surface area contributed by atoms with Crippen molar-refractivity contribution < 1.29 is 14.9 Å². The summed E-state index contributed by atoms with van der Waals surface area (Å²) in [6.45, 7) is 2.15. The van der Waals surface area contributed by atoms with Gasteiger partial charge in [0.1, 0.15) is 12.4 Å². The summed E-state index contributed by atoms with van der Waals surface area (Å²) < 4.78 is 5.56. The molecule has 2 aromatic rings. The Bertz CT molecular complexity index is 512. The molecule has 4 nitrogen and oxygen atoms in total. The Balaban J connectivity index is 2.14. The largest absolute Gasteiger partial charge is 0.487 e. The highest BCUT2D eigenvalue weighted by molar-refractivity contribution is 5.33. The maximum atomic E-state index is 9.27. The van der Waals surface area contributed by atoms with Crippen LogP contribution < -0.4 is 4.74 Å². The Labute approximate surface area is 106 Å². The van der Waals surface area contributed by atoms with Crippen molar-refractivity contribution in [3.05, 3.63) is 59.4 Å². The highest BCUT2D eigenvalue weighted by Crippen LogP contribution is 2.24. The predicted octanol–water partition coefficient (Wildman–Crippen LogP) is 1.95. The third-order valence-corrected chi connectivity index (χ3v) is 2.55. The summed E-state index contributed by atoms with van der Waals surface area (Å²) in [5, 5.41) is 18.5. The molecule has 0 unspecified atom stereocenters. The topological polar surface area (TPSA) is 62.6 Å². The van der Waals surface area contributed by atoms with Crippen molar-refractivity contribution in [1.82, 2.24) is 4.98 Å². The van der Waals surface area contributed by atoms with Crippen LogP contribution in [0.3, 0.4) is 0 Å². The number of aliphatic hydroxyl groups is 2. The van der Waals surface area contributed by atoms with Crippen LogP contribution in [0, 0.1) is 6.92 Å². The molecule has 94 valence electrons. The molecule has 0 saturated carbocycles. The number of hydrogen-bond donors (Lipinski definition) is 2. The highest BCUT2D eigenvalue weighted by Gasteiger charge is 2.11. The van der Waals surface area contributed by atoms with Crippen LogP contribution in [0.4, 0.5) is 0 Å². The quantitative estimate of drug-likeness (QED) is 0.808. The van der Waals surface area contributed by atoms with Crippen molar-refractivity contribution in [2.75, 3.05) is 0 Å². The van der Waals surface area contributed by atoms with E-state index in [2.05, 4.69) is 4.98 Å². The number of hydrogen-bond acceptors (Lipinski definition) is 4. The first-order chi connectivity index (χ1) is 8.66. The van der Waals surface area contributed by atoms with E-state index in [4.69, 9.17) is 4.74 Å². The molecule has 1 heterocycles. The lowest BCUT2D eigenvalue weighted by Crippen LogP contribution is -2.04. The third kappa shape index (κ3) is 3.06. The lowest BCUT2D eigenvalue weighted by molar-refractivity contribution is -0.0444.